The average molecular weight is 240 g/mol. The lowest BCUT2D eigenvalue weighted by molar-refractivity contribution is 0.0697. The summed E-state index contributed by atoms with van der Waals surface area (Å²) in [7, 11) is 0. The highest BCUT2D eigenvalue weighted by atomic mass is 32.1. The van der Waals surface area contributed by atoms with Gasteiger partial charge in [0.1, 0.15) is 5.75 Å². The Bertz CT molecular complexity index is 492. The van der Waals surface area contributed by atoms with Gasteiger partial charge in [0.15, 0.2) is 17.8 Å². The first-order valence-electron chi connectivity index (χ1n) is 4.39. The summed E-state index contributed by atoms with van der Waals surface area (Å²) in [6.07, 6.45) is 1.26. The van der Waals surface area contributed by atoms with Crippen LogP contribution in [0.25, 0.3) is 0 Å². The van der Waals surface area contributed by atoms with Crippen molar-refractivity contribution < 1.29 is 19.2 Å². The van der Waals surface area contributed by atoms with E-state index < -0.39 is 5.97 Å². The van der Waals surface area contributed by atoms with Crippen molar-refractivity contribution in [2.75, 3.05) is 0 Å². The highest BCUT2D eigenvalue weighted by molar-refractivity contribution is 7.14. The molecule has 0 spiro atoms. The molecule has 2 heterocycles. The Hall–Kier alpha value is -1.89. The Morgan fingerprint density at radius 1 is 1.69 bits per heavy atom. The van der Waals surface area contributed by atoms with Crippen LogP contribution < -0.4 is 4.74 Å². The predicted octanol–water partition coefficient (Wildman–Crippen LogP) is 1.72. The molecule has 16 heavy (non-hydrogen) atoms. The van der Waals surface area contributed by atoms with Gasteiger partial charge in [-0.25, -0.2) is 4.79 Å². The maximum atomic E-state index is 10.9. The minimum Gasteiger partial charge on any atom is -0.482 e. The van der Waals surface area contributed by atoms with Crippen LogP contribution in [0.2, 0.25) is 0 Å². The highest BCUT2D eigenvalue weighted by Crippen LogP contribution is 2.29. The topological polar surface area (TPSA) is 85.5 Å². The van der Waals surface area contributed by atoms with Gasteiger partial charge in [0, 0.05) is 4.88 Å². The van der Waals surface area contributed by atoms with Crippen LogP contribution in [0.5, 0.6) is 5.75 Å². The van der Waals surface area contributed by atoms with E-state index in [9.17, 15) is 4.79 Å². The van der Waals surface area contributed by atoms with E-state index in [0.717, 1.165) is 4.88 Å². The average Bonchev–Trinajstić information content (AvgIpc) is 2.83. The van der Waals surface area contributed by atoms with Crippen LogP contribution in [0.3, 0.4) is 0 Å². The number of carbonyl (C=O) groups is 1. The number of hydrogen-bond acceptors (Lipinski definition) is 6. The molecule has 0 saturated heterocycles. The van der Waals surface area contributed by atoms with Crippen LogP contribution in [0.4, 0.5) is 0 Å². The first-order chi connectivity index (χ1) is 7.66. The molecule has 0 aromatic carbocycles. The first kappa shape index (κ1) is 10.6. The monoisotopic (exact) mass is 240 g/mol. The van der Waals surface area contributed by atoms with E-state index in [2.05, 4.69) is 10.1 Å². The van der Waals surface area contributed by atoms with Crippen LogP contribution in [0.15, 0.2) is 16.9 Å². The van der Waals surface area contributed by atoms with Crippen molar-refractivity contribution in [3.63, 3.8) is 0 Å². The summed E-state index contributed by atoms with van der Waals surface area (Å²) in [5.74, 6) is -0.368. The fourth-order valence-electron chi connectivity index (χ4n) is 1.15. The zero-order chi connectivity index (χ0) is 11.5. The standard InChI is InChI=1S/C9H8N2O4S/c1-5-2-6(8(16-5)9(12)13)14-3-7-10-4-11-15-7/h2,4H,3H2,1H3,(H,12,13). The molecule has 2 aromatic heterocycles. The summed E-state index contributed by atoms with van der Waals surface area (Å²) in [6, 6.07) is 1.67. The van der Waals surface area contributed by atoms with Crippen molar-refractivity contribution in [1.82, 2.24) is 10.1 Å². The van der Waals surface area contributed by atoms with Crippen LogP contribution in [0, 0.1) is 6.92 Å². The molecule has 0 aliphatic carbocycles. The molecule has 2 aromatic rings. The lowest BCUT2D eigenvalue weighted by atomic mass is 10.4. The molecule has 84 valence electrons. The Kier molecular flexibility index (Phi) is 2.86. The van der Waals surface area contributed by atoms with Gasteiger partial charge in [0.2, 0.25) is 0 Å². The molecule has 0 amide bonds. The second-order valence-corrected chi connectivity index (χ2v) is 4.24. The van der Waals surface area contributed by atoms with Crippen molar-refractivity contribution >= 4 is 17.3 Å². The molecule has 0 atom stereocenters. The largest absolute Gasteiger partial charge is 0.482 e. The van der Waals surface area contributed by atoms with E-state index in [0.29, 0.717) is 11.6 Å². The van der Waals surface area contributed by atoms with Gasteiger partial charge >= 0.3 is 5.97 Å². The van der Waals surface area contributed by atoms with E-state index in [-0.39, 0.29) is 11.5 Å². The number of nitrogens with zero attached hydrogens (tertiary/aromatic N) is 2. The summed E-state index contributed by atoms with van der Waals surface area (Å²) in [4.78, 5) is 15.7. The molecule has 6 nitrogen and oxygen atoms in total. The van der Waals surface area contributed by atoms with E-state index in [1.54, 1.807) is 6.07 Å². The summed E-state index contributed by atoms with van der Waals surface area (Å²) in [5, 5.41) is 12.3. The van der Waals surface area contributed by atoms with Crippen LogP contribution >= 0.6 is 11.3 Å². The summed E-state index contributed by atoms with van der Waals surface area (Å²) < 4.78 is 10.0. The molecule has 0 aliphatic heterocycles. The second kappa shape index (κ2) is 4.31. The number of thiophene rings is 1. The Morgan fingerprint density at radius 2 is 2.50 bits per heavy atom. The Morgan fingerprint density at radius 3 is 3.12 bits per heavy atom. The van der Waals surface area contributed by atoms with Crippen LogP contribution in [-0.4, -0.2) is 21.2 Å². The van der Waals surface area contributed by atoms with Crippen LogP contribution in [0.1, 0.15) is 20.4 Å². The third kappa shape index (κ3) is 2.19. The quantitative estimate of drug-likeness (QED) is 0.875. The number of carboxylic acids is 1. The fourth-order valence-corrected chi connectivity index (χ4v) is 1.94. The van der Waals surface area contributed by atoms with Gasteiger partial charge in [0.25, 0.3) is 5.89 Å². The number of ether oxygens (including phenoxy) is 1. The number of hydrogen-bond donors (Lipinski definition) is 1. The molecular formula is C9H8N2O4S. The number of aryl methyl sites for hydroxylation is 1. The van der Waals surface area contributed by atoms with Crippen LogP contribution in [-0.2, 0) is 6.61 Å². The van der Waals surface area contributed by atoms with Gasteiger partial charge in [-0.1, -0.05) is 5.16 Å². The molecule has 0 saturated carbocycles. The van der Waals surface area contributed by atoms with Gasteiger partial charge < -0.3 is 14.4 Å². The first-order valence-corrected chi connectivity index (χ1v) is 5.20. The molecule has 0 unspecified atom stereocenters. The molecule has 0 bridgehead atoms. The van der Waals surface area contributed by atoms with Crippen molar-refractivity contribution in [3.8, 4) is 5.75 Å². The smallest absolute Gasteiger partial charge is 0.349 e. The molecule has 0 aliphatic rings. The van der Waals surface area contributed by atoms with E-state index in [1.807, 2.05) is 6.92 Å². The normalized spacial score (nSPS) is 10.3. The third-order valence-corrected chi connectivity index (χ3v) is 2.79. The van der Waals surface area contributed by atoms with Gasteiger partial charge in [-0.2, -0.15) is 4.98 Å². The van der Waals surface area contributed by atoms with Gasteiger partial charge in [0.05, 0.1) is 0 Å². The predicted molar refractivity (Wildman–Crippen MR) is 54.6 cm³/mol. The Labute approximate surface area is 94.5 Å². The number of rotatable bonds is 4. The zero-order valence-electron chi connectivity index (χ0n) is 8.34. The minimum absolute atomic E-state index is 0.0659. The molecule has 0 fully saturated rings. The summed E-state index contributed by atoms with van der Waals surface area (Å²) in [5.41, 5.74) is 0. The molecule has 0 radical (unpaired) electrons. The summed E-state index contributed by atoms with van der Waals surface area (Å²) >= 11 is 1.17. The summed E-state index contributed by atoms with van der Waals surface area (Å²) in [6.45, 7) is 1.88. The lowest BCUT2D eigenvalue weighted by Crippen LogP contribution is -2.00. The van der Waals surface area contributed by atoms with Gasteiger partial charge in [-0.15, -0.1) is 11.3 Å². The highest BCUT2D eigenvalue weighted by Gasteiger charge is 2.15. The van der Waals surface area contributed by atoms with Crippen molar-refractivity contribution in [2.45, 2.75) is 13.5 Å². The van der Waals surface area contributed by atoms with Crippen molar-refractivity contribution in [1.29, 1.82) is 0 Å². The van der Waals surface area contributed by atoms with Crippen molar-refractivity contribution in [2.24, 2.45) is 0 Å². The lowest BCUT2D eigenvalue weighted by Gasteiger charge is -2.00. The fraction of sp³-hybridized carbons (Fsp3) is 0.222. The zero-order valence-corrected chi connectivity index (χ0v) is 9.15. The molecular weight excluding hydrogens is 232 g/mol. The number of aromatic carboxylic acids is 1. The van der Waals surface area contributed by atoms with E-state index in [4.69, 9.17) is 14.4 Å². The maximum Gasteiger partial charge on any atom is 0.349 e. The minimum atomic E-state index is -1.00. The molecule has 2 rings (SSSR count). The van der Waals surface area contributed by atoms with Crippen molar-refractivity contribution in [3.05, 3.63) is 28.0 Å². The SMILES string of the molecule is Cc1cc(OCc2ncno2)c(C(=O)O)s1. The number of aromatic nitrogens is 2. The second-order valence-electron chi connectivity index (χ2n) is 2.98. The third-order valence-electron chi connectivity index (χ3n) is 1.77. The maximum absolute atomic E-state index is 10.9. The van der Waals surface area contributed by atoms with Gasteiger partial charge in [-0.05, 0) is 13.0 Å². The number of carboxylic acid groups (broad SMARTS) is 1. The molecule has 7 heteroatoms. The van der Waals surface area contributed by atoms with E-state index >= 15 is 0 Å². The molecule has 1 N–H and O–H groups in total. The Balaban J connectivity index is 2.12. The van der Waals surface area contributed by atoms with Gasteiger partial charge in [-0.3, -0.25) is 0 Å². The van der Waals surface area contributed by atoms with E-state index in [1.165, 1.54) is 17.7 Å².